The molecule has 0 saturated heterocycles. The summed E-state index contributed by atoms with van der Waals surface area (Å²) in [5.74, 6) is 0.943. The molecule has 0 radical (unpaired) electrons. The summed E-state index contributed by atoms with van der Waals surface area (Å²) in [6, 6.07) is 4.37. The Hall–Kier alpha value is -1.69. The van der Waals surface area contributed by atoms with Crippen molar-refractivity contribution in [2.45, 2.75) is 64.2 Å². The summed E-state index contributed by atoms with van der Waals surface area (Å²) in [6.45, 7) is 2.21. The van der Waals surface area contributed by atoms with Crippen LogP contribution >= 0.6 is 0 Å². The van der Waals surface area contributed by atoms with Crippen molar-refractivity contribution in [1.82, 2.24) is 0 Å². The zero-order valence-electron chi connectivity index (χ0n) is 15.0. The van der Waals surface area contributed by atoms with Crippen molar-refractivity contribution in [3.05, 3.63) is 47.0 Å². The minimum atomic E-state index is -0.718. The third-order valence-electron chi connectivity index (χ3n) is 6.16. The molecule has 3 heteroatoms. The minimum Gasteiger partial charge on any atom is -0.205 e. The van der Waals surface area contributed by atoms with Crippen LogP contribution in [0.3, 0.4) is 0 Å². The van der Waals surface area contributed by atoms with E-state index in [9.17, 15) is 8.78 Å². The Morgan fingerprint density at radius 2 is 1.76 bits per heavy atom. The molecule has 0 aliphatic heterocycles. The first kappa shape index (κ1) is 18.1. The van der Waals surface area contributed by atoms with Gasteiger partial charge < -0.3 is 0 Å². The van der Waals surface area contributed by atoms with Gasteiger partial charge in [-0.25, -0.2) is 8.78 Å². The number of hydrogen-bond donors (Lipinski definition) is 0. The van der Waals surface area contributed by atoms with Crippen molar-refractivity contribution in [3.8, 4) is 6.07 Å². The van der Waals surface area contributed by atoms with Gasteiger partial charge in [0, 0.05) is 0 Å². The van der Waals surface area contributed by atoms with Gasteiger partial charge in [0.1, 0.15) is 23.3 Å². The molecule has 4 unspecified atom stereocenters. The summed E-state index contributed by atoms with van der Waals surface area (Å²) in [4.78, 5) is 0. The molecule has 4 atom stereocenters. The van der Waals surface area contributed by atoms with Crippen LogP contribution in [0, 0.1) is 40.7 Å². The van der Waals surface area contributed by atoms with Crippen molar-refractivity contribution in [2.75, 3.05) is 0 Å². The Labute approximate surface area is 149 Å². The number of rotatable bonds is 4. The quantitative estimate of drug-likeness (QED) is 0.573. The molecule has 0 spiro atoms. The predicted molar refractivity (Wildman–Crippen MR) is 96.0 cm³/mol. The molecule has 3 rings (SSSR count). The first-order chi connectivity index (χ1) is 12.1. The first-order valence-electron chi connectivity index (χ1n) is 9.68. The second-order valence-electron chi connectivity index (χ2n) is 7.79. The van der Waals surface area contributed by atoms with E-state index in [2.05, 4.69) is 19.1 Å². The number of nitrogens with zero attached hydrogens (tertiary/aromatic N) is 1. The minimum absolute atomic E-state index is 0.227. The second-order valence-corrected chi connectivity index (χ2v) is 7.79. The number of allylic oxidation sites excluding steroid dienone is 2. The van der Waals surface area contributed by atoms with E-state index in [1.165, 1.54) is 44.2 Å². The van der Waals surface area contributed by atoms with E-state index in [0.29, 0.717) is 11.8 Å². The molecule has 0 N–H and O–H groups in total. The van der Waals surface area contributed by atoms with E-state index in [1.54, 1.807) is 6.07 Å². The standard InChI is InChI=1S/C22H27F2N/c1-2-3-4-5-15-6-7-17-11-18(9-8-16(17)10-15)19-12-21(23)20(14-25)22(24)13-19/h4-5,12-13,15-18H,2-3,6-11H2,1H3. The van der Waals surface area contributed by atoms with Gasteiger partial charge in [-0.2, -0.15) is 5.26 Å². The Morgan fingerprint density at radius 1 is 1.08 bits per heavy atom. The third kappa shape index (κ3) is 4.11. The van der Waals surface area contributed by atoms with Crippen LogP contribution in [0.1, 0.15) is 75.3 Å². The van der Waals surface area contributed by atoms with Gasteiger partial charge in [0.25, 0.3) is 0 Å². The third-order valence-corrected chi connectivity index (χ3v) is 6.16. The van der Waals surface area contributed by atoms with Gasteiger partial charge in [-0.15, -0.1) is 0 Å². The average Bonchev–Trinajstić information content (AvgIpc) is 2.61. The van der Waals surface area contributed by atoms with Crippen molar-refractivity contribution in [1.29, 1.82) is 5.26 Å². The van der Waals surface area contributed by atoms with Crippen molar-refractivity contribution < 1.29 is 8.78 Å². The van der Waals surface area contributed by atoms with Gasteiger partial charge in [0.05, 0.1) is 0 Å². The van der Waals surface area contributed by atoms with Crippen LogP contribution in [0.4, 0.5) is 8.78 Å². The largest absolute Gasteiger partial charge is 0.205 e. The second kappa shape index (κ2) is 8.13. The van der Waals surface area contributed by atoms with Crippen LogP contribution < -0.4 is 0 Å². The highest BCUT2D eigenvalue weighted by molar-refractivity contribution is 5.36. The fourth-order valence-corrected chi connectivity index (χ4v) is 4.79. The summed E-state index contributed by atoms with van der Waals surface area (Å²) in [5.41, 5.74) is 0.272. The summed E-state index contributed by atoms with van der Waals surface area (Å²) < 4.78 is 27.9. The predicted octanol–water partition coefficient (Wildman–Crippen LogP) is 6.49. The van der Waals surface area contributed by atoms with E-state index < -0.39 is 17.2 Å². The summed E-state index contributed by atoms with van der Waals surface area (Å²) in [7, 11) is 0. The molecule has 2 aliphatic carbocycles. The molecule has 1 aromatic carbocycles. The van der Waals surface area contributed by atoms with E-state index in [4.69, 9.17) is 5.26 Å². The fourth-order valence-electron chi connectivity index (χ4n) is 4.79. The molecule has 1 nitrogen and oxygen atoms in total. The first-order valence-corrected chi connectivity index (χ1v) is 9.68. The van der Waals surface area contributed by atoms with Crippen molar-refractivity contribution in [2.24, 2.45) is 17.8 Å². The van der Waals surface area contributed by atoms with Gasteiger partial charge in [-0.05, 0) is 86.3 Å². The zero-order valence-corrected chi connectivity index (χ0v) is 15.0. The van der Waals surface area contributed by atoms with Gasteiger partial charge in [0.2, 0.25) is 0 Å². The van der Waals surface area contributed by atoms with Gasteiger partial charge in [-0.1, -0.05) is 25.5 Å². The van der Waals surface area contributed by atoms with Gasteiger partial charge >= 0.3 is 0 Å². The number of halogens is 2. The number of benzene rings is 1. The monoisotopic (exact) mass is 343 g/mol. The lowest BCUT2D eigenvalue weighted by atomic mass is 9.64. The van der Waals surface area contributed by atoms with Crippen LogP contribution in [0.15, 0.2) is 24.3 Å². The topological polar surface area (TPSA) is 23.8 Å². The maximum atomic E-state index is 13.9. The highest BCUT2D eigenvalue weighted by Crippen LogP contribution is 2.48. The maximum absolute atomic E-state index is 13.9. The summed E-state index contributed by atoms with van der Waals surface area (Å²) in [5, 5.41) is 8.82. The van der Waals surface area contributed by atoms with Crippen LogP contribution in [-0.4, -0.2) is 0 Å². The molecule has 0 aromatic heterocycles. The lowest BCUT2D eigenvalue weighted by Crippen LogP contribution is -2.30. The number of hydrogen-bond acceptors (Lipinski definition) is 1. The Morgan fingerprint density at radius 3 is 2.44 bits per heavy atom. The number of nitriles is 1. The number of unbranched alkanes of at least 4 members (excludes halogenated alkanes) is 1. The lowest BCUT2D eigenvalue weighted by Gasteiger charge is -2.41. The van der Waals surface area contributed by atoms with E-state index in [0.717, 1.165) is 30.7 Å². The van der Waals surface area contributed by atoms with Gasteiger partial charge in [0.15, 0.2) is 0 Å². The van der Waals surface area contributed by atoms with Crippen molar-refractivity contribution >= 4 is 0 Å². The van der Waals surface area contributed by atoms with E-state index >= 15 is 0 Å². The normalized spacial score (nSPS) is 29.4. The van der Waals surface area contributed by atoms with Crippen LogP contribution in [-0.2, 0) is 0 Å². The molecule has 134 valence electrons. The lowest BCUT2D eigenvalue weighted by molar-refractivity contribution is 0.133. The fraction of sp³-hybridized carbons (Fsp3) is 0.591. The summed E-state index contributed by atoms with van der Waals surface area (Å²) >= 11 is 0. The molecular formula is C22H27F2N. The molecule has 2 fully saturated rings. The molecule has 25 heavy (non-hydrogen) atoms. The molecule has 0 bridgehead atoms. The molecule has 1 aromatic rings. The molecule has 2 aliphatic rings. The van der Waals surface area contributed by atoms with Crippen molar-refractivity contribution in [3.63, 3.8) is 0 Å². The molecule has 2 saturated carbocycles. The molecular weight excluding hydrogens is 316 g/mol. The average molecular weight is 343 g/mol. The molecule has 0 heterocycles. The Kier molecular flexibility index (Phi) is 5.89. The highest BCUT2D eigenvalue weighted by atomic mass is 19.1. The molecule has 0 amide bonds. The zero-order chi connectivity index (χ0) is 17.8. The maximum Gasteiger partial charge on any atom is 0.144 e. The van der Waals surface area contributed by atoms with E-state index in [-0.39, 0.29) is 5.92 Å². The Balaban J connectivity index is 1.64. The number of fused-ring (bicyclic) bond motifs is 1. The van der Waals surface area contributed by atoms with Gasteiger partial charge in [-0.3, -0.25) is 0 Å². The smallest absolute Gasteiger partial charge is 0.144 e. The van der Waals surface area contributed by atoms with Crippen LogP contribution in [0.5, 0.6) is 0 Å². The van der Waals surface area contributed by atoms with E-state index in [1.807, 2.05) is 0 Å². The van der Waals surface area contributed by atoms with Crippen LogP contribution in [0.25, 0.3) is 0 Å². The highest BCUT2D eigenvalue weighted by Gasteiger charge is 2.35. The SMILES string of the molecule is CCCC=CC1CCC2CC(c3cc(F)c(C#N)c(F)c3)CCC2C1. The summed E-state index contributed by atoms with van der Waals surface area (Å²) in [6.07, 6.45) is 14.0. The van der Waals surface area contributed by atoms with Crippen LogP contribution in [0.2, 0.25) is 0 Å². The Bertz CT molecular complexity index is 650.